The highest BCUT2D eigenvalue weighted by Crippen LogP contribution is 2.25. The Bertz CT molecular complexity index is 266. The van der Waals surface area contributed by atoms with E-state index < -0.39 is 0 Å². The van der Waals surface area contributed by atoms with Gasteiger partial charge in [0.2, 0.25) is 0 Å². The van der Waals surface area contributed by atoms with Crippen LogP contribution < -0.4 is 4.74 Å². The van der Waals surface area contributed by atoms with Gasteiger partial charge >= 0.3 is 0 Å². The van der Waals surface area contributed by atoms with E-state index in [-0.39, 0.29) is 6.10 Å². The average molecular weight is 194 g/mol. The highest BCUT2D eigenvalue weighted by molar-refractivity contribution is 5.28. The van der Waals surface area contributed by atoms with Gasteiger partial charge in [-0.15, -0.1) is 0 Å². The molecule has 0 aliphatic heterocycles. The van der Waals surface area contributed by atoms with Crippen molar-refractivity contribution in [1.29, 1.82) is 0 Å². The lowest BCUT2D eigenvalue weighted by Gasteiger charge is -2.17. The van der Waals surface area contributed by atoms with Crippen LogP contribution in [-0.4, -0.2) is 12.2 Å². The minimum absolute atomic E-state index is 0.295. The number of rotatable bonds is 4. The Balaban J connectivity index is 2.75. The first-order valence-electron chi connectivity index (χ1n) is 5.01. The Morgan fingerprint density at radius 3 is 2.29 bits per heavy atom. The van der Waals surface area contributed by atoms with Crippen LogP contribution in [0.4, 0.5) is 0 Å². The SMILES string of the molecule is CCC(C)C(O)c1ccc(OC)cc1. The Kier molecular flexibility index (Phi) is 3.96. The van der Waals surface area contributed by atoms with E-state index in [4.69, 9.17) is 4.74 Å². The van der Waals surface area contributed by atoms with Crippen LogP contribution in [-0.2, 0) is 0 Å². The zero-order valence-electron chi connectivity index (χ0n) is 9.03. The number of hydrogen-bond acceptors (Lipinski definition) is 2. The lowest BCUT2D eigenvalue weighted by molar-refractivity contribution is 0.115. The summed E-state index contributed by atoms with van der Waals surface area (Å²) in [5.74, 6) is 1.12. The van der Waals surface area contributed by atoms with Crippen molar-refractivity contribution in [2.24, 2.45) is 5.92 Å². The minimum atomic E-state index is -0.370. The van der Waals surface area contributed by atoms with Crippen LogP contribution in [0.25, 0.3) is 0 Å². The first-order chi connectivity index (χ1) is 6.69. The first-order valence-corrected chi connectivity index (χ1v) is 5.01. The van der Waals surface area contributed by atoms with E-state index in [1.807, 2.05) is 24.3 Å². The molecule has 14 heavy (non-hydrogen) atoms. The molecule has 2 nitrogen and oxygen atoms in total. The van der Waals surface area contributed by atoms with Crippen LogP contribution in [0.15, 0.2) is 24.3 Å². The Hall–Kier alpha value is -1.02. The lowest BCUT2D eigenvalue weighted by atomic mass is 9.95. The van der Waals surface area contributed by atoms with E-state index in [0.29, 0.717) is 5.92 Å². The van der Waals surface area contributed by atoms with Crippen LogP contribution in [0.1, 0.15) is 31.9 Å². The van der Waals surface area contributed by atoms with Crippen molar-refractivity contribution in [3.05, 3.63) is 29.8 Å². The minimum Gasteiger partial charge on any atom is -0.497 e. The summed E-state index contributed by atoms with van der Waals surface area (Å²) in [6, 6.07) is 7.58. The van der Waals surface area contributed by atoms with Crippen molar-refractivity contribution in [3.63, 3.8) is 0 Å². The number of ether oxygens (including phenoxy) is 1. The van der Waals surface area contributed by atoms with E-state index in [1.165, 1.54) is 0 Å². The molecule has 0 aliphatic carbocycles. The maximum Gasteiger partial charge on any atom is 0.118 e. The summed E-state index contributed by atoms with van der Waals surface area (Å²) in [6.45, 7) is 4.13. The van der Waals surface area contributed by atoms with Gasteiger partial charge in [-0.3, -0.25) is 0 Å². The summed E-state index contributed by atoms with van der Waals surface area (Å²) < 4.78 is 5.05. The monoisotopic (exact) mass is 194 g/mol. The summed E-state index contributed by atoms with van der Waals surface area (Å²) >= 11 is 0. The van der Waals surface area contributed by atoms with Crippen LogP contribution >= 0.6 is 0 Å². The third-order valence-electron chi connectivity index (χ3n) is 2.64. The van der Waals surface area contributed by atoms with Crippen molar-refractivity contribution in [2.75, 3.05) is 7.11 Å². The van der Waals surface area contributed by atoms with Crippen molar-refractivity contribution >= 4 is 0 Å². The average Bonchev–Trinajstić information content (AvgIpc) is 2.27. The molecule has 0 saturated heterocycles. The number of benzene rings is 1. The molecule has 2 unspecified atom stereocenters. The van der Waals surface area contributed by atoms with Gasteiger partial charge in [-0.25, -0.2) is 0 Å². The number of hydrogen-bond donors (Lipinski definition) is 1. The van der Waals surface area contributed by atoms with Crippen molar-refractivity contribution in [1.82, 2.24) is 0 Å². The summed E-state index contributed by atoms with van der Waals surface area (Å²) in [5.41, 5.74) is 0.958. The van der Waals surface area contributed by atoms with Gasteiger partial charge in [-0.05, 0) is 23.6 Å². The van der Waals surface area contributed by atoms with Crippen LogP contribution in [0.2, 0.25) is 0 Å². The summed E-state index contributed by atoms with van der Waals surface area (Å²) in [4.78, 5) is 0. The molecule has 0 spiro atoms. The fraction of sp³-hybridized carbons (Fsp3) is 0.500. The predicted molar refractivity (Wildman–Crippen MR) is 57.4 cm³/mol. The van der Waals surface area contributed by atoms with E-state index in [1.54, 1.807) is 7.11 Å². The van der Waals surface area contributed by atoms with Gasteiger partial charge in [0.15, 0.2) is 0 Å². The van der Waals surface area contributed by atoms with E-state index in [2.05, 4.69) is 13.8 Å². The topological polar surface area (TPSA) is 29.5 Å². The quantitative estimate of drug-likeness (QED) is 0.798. The summed E-state index contributed by atoms with van der Waals surface area (Å²) in [7, 11) is 1.64. The van der Waals surface area contributed by atoms with Crippen molar-refractivity contribution < 1.29 is 9.84 Å². The molecular weight excluding hydrogens is 176 g/mol. The molecule has 2 heteroatoms. The standard InChI is InChI=1S/C12H18O2/c1-4-9(2)12(13)10-5-7-11(14-3)8-6-10/h5-9,12-13H,4H2,1-3H3. The second-order valence-corrected chi connectivity index (χ2v) is 3.60. The van der Waals surface area contributed by atoms with E-state index >= 15 is 0 Å². The predicted octanol–water partition coefficient (Wildman–Crippen LogP) is 2.77. The third-order valence-corrected chi connectivity index (χ3v) is 2.64. The number of aliphatic hydroxyl groups excluding tert-OH is 1. The molecule has 1 aromatic rings. The van der Waals surface area contributed by atoms with E-state index in [0.717, 1.165) is 17.7 Å². The highest BCUT2D eigenvalue weighted by Gasteiger charge is 2.13. The molecule has 1 rings (SSSR count). The fourth-order valence-electron chi connectivity index (χ4n) is 1.35. The molecule has 1 aromatic carbocycles. The van der Waals surface area contributed by atoms with E-state index in [9.17, 15) is 5.11 Å². The van der Waals surface area contributed by atoms with Gasteiger partial charge in [-0.1, -0.05) is 32.4 Å². The maximum absolute atomic E-state index is 9.91. The van der Waals surface area contributed by atoms with Gasteiger partial charge in [0, 0.05) is 0 Å². The second kappa shape index (κ2) is 5.01. The maximum atomic E-state index is 9.91. The van der Waals surface area contributed by atoms with Gasteiger partial charge in [0.05, 0.1) is 13.2 Å². The zero-order chi connectivity index (χ0) is 10.6. The van der Waals surface area contributed by atoms with Gasteiger partial charge in [-0.2, -0.15) is 0 Å². The largest absolute Gasteiger partial charge is 0.497 e. The molecular formula is C12H18O2. The second-order valence-electron chi connectivity index (χ2n) is 3.60. The van der Waals surface area contributed by atoms with Crippen molar-refractivity contribution in [2.45, 2.75) is 26.4 Å². The number of methoxy groups -OCH3 is 1. The molecule has 0 bridgehead atoms. The molecule has 0 radical (unpaired) electrons. The van der Waals surface area contributed by atoms with Gasteiger partial charge in [0.25, 0.3) is 0 Å². The highest BCUT2D eigenvalue weighted by atomic mass is 16.5. The summed E-state index contributed by atoms with van der Waals surface area (Å²) in [6.07, 6.45) is 0.610. The van der Waals surface area contributed by atoms with Gasteiger partial charge < -0.3 is 9.84 Å². The number of aliphatic hydroxyl groups is 1. The molecule has 78 valence electrons. The van der Waals surface area contributed by atoms with Crippen LogP contribution in [0, 0.1) is 5.92 Å². The molecule has 1 N–H and O–H groups in total. The Morgan fingerprint density at radius 2 is 1.86 bits per heavy atom. The lowest BCUT2D eigenvalue weighted by Crippen LogP contribution is -2.07. The first kappa shape index (κ1) is 11.1. The zero-order valence-corrected chi connectivity index (χ0v) is 9.03. The molecule has 0 aromatic heterocycles. The third kappa shape index (κ3) is 2.48. The van der Waals surface area contributed by atoms with Crippen LogP contribution in [0.5, 0.6) is 5.75 Å². The smallest absolute Gasteiger partial charge is 0.118 e. The van der Waals surface area contributed by atoms with Gasteiger partial charge in [0.1, 0.15) is 5.75 Å². The molecule has 2 atom stereocenters. The molecule has 0 heterocycles. The molecule has 0 fully saturated rings. The van der Waals surface area contributed by atoms with Crippen LogP contribution in [0.3, 0.4) is 0 Å². The molecule has 0 amide bonds. The fourth-order valence-corrected chi connectivity index (χ4v) is 1.35. The van der Waals surface area contributed by atoms with Crippen molar-refractivity contribution in [3.8, 4) is 5.75 Å². The molecule has 0 saturated carbocycles. The normalized spacial score (nSPS) is 14.9. The molecule has 0 aliphatic rings. The Morgan fingerprint density at radius 1 is 1.29 bits per heavy atom. The Labute approximate surface area is 85.5 Å². The summed E-state index contributed by atoms with van der Waals surface area (Å²) in [5, 5.41) is 9.91.